The minimum atomic E-state index is -3.45. The van der Waals surface area contributed by atoms with Crippen LogP contribution in [-0.4, -0.2) is 35.6 Å². The third-order valence-electron chi connectivity index (χ3n) is 4.34. The highest BCUT2D eigenvalue weighted by atomic mass is 32.2. The summed E-state index contributed by atoms with van der Waals surface area (Å²) >= 11 is 0. The minimum Gasteiger partial charge on any atom is -0.268 e. The molecule has 2 aromatic carbocycles. The molecule has 0 N–H and O–H groups in total. The van der Waals surface area contributed by atoms with Crippen LogP contribution in [0.5, 0.6) is 0 Å². The molecular formula is C18H21N3O2S. The molecule has 126 valence electrons. The van der Waals surface area contributed by atoms with E-state index >= 15 is 0 Å². The molecule has 0 saturated carbocycles. The Balaban J connectivity index is 1.98. The summed E-state index contributed by atoms with van der Waals surface area (Å²) < 4.78 is 28.2. The fourth-order valence-corrected chi connectivity index (χ4v) is 3.95. The number of aryl methyl sites for hydroxylation is 1. The number of fused-ring (bicyclic) bond motifs is 1. The minimum absolute atomic E-state index is 0.0816. The summed E-state index contributed by atoms with van der Waals surface area (Å²) in [6.45, 7) is 3.71. The van der Waals surface area contributed by atoms with E-state index in [1.807, 2.05) is 56.0 Å². The van der Waals surface area contributed by atoms with Crippen molar-refractivity contribution in [2.24, 2.45) is 7.05 Å². The average Bonchev–Trinajstić information content (AvgIpc) is 2.95. The highest BCUT2D eigenvalue weighted by Crippen LogP contribution is 2.26. The molecule has 0 unspecified atom stereocenters. The van der Waals surface area contributed by atoms with E-state index in [-0.39, 0.29) is 6.04 Å². The van der Waals surface area contributed by atoms with Gasteiger partial charge in [-0.25, -0.2) is 8.42 Å². The maximum atomic E-state index is 12.5. The van der Waals surface area contributed by atoms with Crippen molar-refractivity contribution in [1.29, 1.82) is 0 Å². The average molecular weight is 343 g/mol. The van der Waals surface area contributed by atoms with Gasteiger partial charge in [-0.3, -0.25) is 4.68 Å². The van der Waals surface area contributed by atoms with E-state index in [9.17, 15) is 8.42 Å². The number of aromatic nitrogens is 2. The zero-order valence-corrected chi connectivity index (χ0v) is 15.1. The maximum Gasteiger partial charge on any atom is 0.243 e. The van der Waals surface area contributed by atoms with Crippen molar-refractivity contribution in [3.05, 3.63) is 48.7 Å². The van der Waals surface area contributed by atoms with Crippen molar-refractivity contribution in [3.63, 3.8) is 0 Å². The lowest BCUT2D eigenvalue weighted by molar-refractivity contribution is 0.410. The summed E-state index contributed by atoms with van der Waals surface area (Å²) in [5.41, 5.74) is 3.06. The van der Waals surface area contributed by atoms with Crippen LogP contribution in [0.1, 0.15) is 13.8 Å². The predicted octanol–water partition coefficient (Wildman–Crippen LogP) is 3.27. The van der Waals surface area contributed by atoms with Gasteiger partial charge in [-0.2, -0.15) is 9.40 Å². The van der Waals surface area contributed by atoms with Crippen LogP contribution in [-0.2, 0) is 17.1 Å². The van der Waals surface area contributed by atoms with Gasteiger partial charge in [-0.05, 0) is 43.2 Å². The second-order valence-corrected chi connectivity index (χ2v) is 8.18. The Morgan fingerprint density at radius 3 is 2.29 bits per heavy atom. The topological polar surface area (TPSA) is 55.2 Å². The standard InChI is InChI=1S/C18H21N3O2S/c1-13(2)21(4)24(22,23)17-9-7-14(8-10-17)15-5-6-16-12-19-20(3)18(16)11-15/h5-13H,1-4H3. The molecular weight excluding hydrogens is 322 g/mol. The predicted molar refractivity (Wildman–Crippen MR) is 96.2 cm³/mol. The molecule has 1 aromatic heterocycles. The Bertz CT molecular complexity index is 973. The molecule has 0 saturated heterocycles. The quantitative estimate of drug-likeness (QED) is 0.730. The number of sulfonamides is 1. The van der Waals surface area contributed by atoms with Gasteiger partial charge in [0.2, 0.25) is 10.0 Å². The first-order valence-corrected chi connectivity index (χ1v) is 9.25. The van der Waals surface area contributed by atoms with Crippen LogP contribution in [0.3, 0.4) is 0 Å². The molecule has 0 radical (unpaired) electrons. The first-order valence-electron chi connectivity index (χ1n) is 7.81. The van der Waals surface area contributed by atoms with Gasteiger partial charge in [0.05, 0.1) is 16.6 Å². The van der Waals surface area contributed by atoms with E-state index in [4.69, 9.17) is 0 Å². The summed E-state index contributed by atoms with van der Waals surface area (Å²) in [4.78, 5) is 0.309. The van der Waals surface area contributed by atoms with Crippen molar-refractivity contribution < 1.29 is 8.42 Å². The Morgan fingerprint density at radius 1 is 1.04 bits per heavy atom. The molecule has 0 atom stereocenters. The van der Waals surface area contributed by atoms with E-state index in [0.29, 0.717) is 4.90 Å². The lowest BCUT2D eigenvalue weighted by atomic mass is 10.0. The van der Waals surface area contributed by atoms with Gasteiger partial charge in [0, 0.05) is 25.5 Å². The Hall–Kier alpha value is -2.18. The number of nitrogens with zero attached hydrogens (tertiary/aromatic N) is 3. The first-order chi connectivity index (χ1) is 11.3. The highest BCUT2D eigenvalue weighted by Gasteiger charge is 2.22. The van der Waals surface area contributed by atoms with Gasteiger partial charge in [0.1, 0.15) is 0 Å². The van der Waals surface area contributed by atoms with Gasteiger partial charge in [-0.15, -0.1) is 0 Å². The van der Waals surface area contributed by atoms with E-state index in [2.05, 4.69) is 11.2 Å². The molecule has 3 aromatic rings. The Morgan fingerprint density at radius 2 is 1.67 bits per heavy atom. The lowest BCUT2D eigenvalue weighted by Crippen LogP contribution is -2.32. The van der Waals surface area contributed by atoms with Crippen LogP contribution in [0.4, 0.5) is 0 Å². The van der Waals surface area contributed by atoms with Crippen LogP contribution in [0.15, 0.2) is 53.6 Å². The molecule has 0 aliphatic rings. The normalized spacial score (nSPS) is 12.4. The van der Waals surface area contributed by atoms with E-state index < -0.39 is 10.0 Å². The van der Waals surface area contributed by atoms with Gasteiger partial charge in [0.15, 0.2) is 0 Å². The summed E-state index contributed by atoms with van der Waals surface area (Å²) in [5, 5.41) is 5.33. The monoisotopic (exact) mass is 343 g/mol. The maximum absolute atomic E-state index is 12.5. The van der Waals surface area contributed by atoms with Crippen molar-refractivity contribution in [1.82, 2.24) is 14.1 Å². The zero-order valence-electron chi connectivity index (χ0n) is 14.3. The van der Waals surface area contributed by atoms with Crippen molar-refractivity contribution >= 4 is 20.9 Å². The van der Waals surface area contributed by atoms with Crippen molar-refractivity contribution in [2.45, 2.75) is 24.8 Å². The Kier molecular flexibility index (Phi) is 4.19. The number of hydrogen-bond acceptors (Lipinski definition) is 3. The molecule has 0 aliphatic heterocycles. The molecule has 0 amide bonds. The van der Waals surface area contributed by atoms with E-state index in [1.54, 1.807) is 19.2 Å². The van der Waals surface area contributed by atoms with Gasteiger partial charge in [-0.1, -0.05) is 24.3 Å². The molecule has 0 aliphatic carbocycles. The molecule has 0 fully saturated rings. The second-order valence-electron chi connectivity index (χ2n) is 6.18. The molecule has 1 heterocycles. The molecule has 24 heavy (non-hydrogen) atoms. The number of rotatable bonds is 4. The smallest absolute Gasteiger partial charge is 0.243 e. The summed E-state index contributed by atoms with van der Waals surface area (Å²) in [6.07, 6.45) is 1.83. The summed E-state index contributed by atoms with van der Waals surface area (Å²) in [6, 6.07) is 13.0. The highest BCUT2D eigenvalue weighted by molar-refractivity contribution is 7.89. The molecule has 5 nitrogen and oxygen atoms in total. The van der Waals surface area contributed by atoms with Crippen LogP contribution in [0.25, 0.3) is 22.0 Å². The SMILES string of the molecule is CC(C)N(C)S(=O)(=O)c1ccc(-c2ccc3cnn(C)c3c2)cc1. The van der Waals surface area contributed by atoms with E-state index in [1.165, 1.54) is 4.31 Å². The zero-order chi connectivity index (χ0) is 17.5. The fraction of sp³-hybridized carbons (Fsp3) is 0.278. The van der Waals surface area contributed by atoms with Crippen LogP contribution >= 0.6 is 0 Å². The summed E-state index contributed by atoms with van der Waals surface area (Å²) in [5.74, 6) is 0. The largest absolute Gasteiger partial charge is 0.268 e. The van der Waals surface area contributed by atoms with E-state index in [0.717, 1.165) is 22.0 Å². The second kappa shape index (κ2) is 6.03. The number of hydrogen-bond donors (Lipinski definition) is 0. The molecule has 6 heteroatoms. The van der Waals surface area contributed by atoms with Gasteiger partial charge in [0.25, 0.3) is 0 Å². The summed E-state index contributed by atoms with van der Waals surface area (Å²) in [7, 11) is 0.0573. The Labute approximate surface area is 142 Å². The fourth-order valence-electron chi connectivity index (χ4n) is 2.59. The van der Waals surface area contributed by atoms with Crippen molar-refractivity contribution in [3.8, 4) is 11.1 Å². The lowest BCUT2D eigenvalue weighted by Gasteiger charge is -2.21. The van der Waals surface area contributed by atoms with Crippen LogP contribution in [0, 0.1) is 0 Å². The van der Waals surface area contributed by atoms with Crippen LogP contribution < -0.4 is 0 Å². The van der Waals surface area contributed by atoms with Crippen LogP contribution in [0.2, 0.25) is 0 Å². The first kappa shape index (κ1) is 16.7. The molecule has 0 bridgehead atoms. The molecule has 0 spiro atoms. The van der Waals surface area contributed by atoms with Crippen molar-refractivity contribution in [2.75, 3.05) is 7.05 Å². The van der Waals surface area contributed by atoms with Gasteiger partial charge >= 0.3 is 0 Å². The third-order valence-corrected chi connectivity index (χ3v) is 6.39. The van der Waals surface area contributed by atoms with Gasteiger partial charge < -0.3 is 0 Å². The number of benzene rings is 2. The molecule has 3 rings (SSSR count). The third kappa shape index (κ3) is 2.83.